The van der Waals surface area contributed by atoms with Crippen molar-refractivity contribution in [1.29, 1.82) is 0 Å². The van der Waals surface area contributed by atoms with Crippen LogP contribution in [-0.4, -0.2) is 46.6 Å². The molecule has 1 atom stereocenters. The van der Waals surface area contributed by atoms with Crippen LogP contribution in [0.1, 0.15) is 37.2 Å². The van der Waals surface area contributed by atoms with E-state index in [1.54, 1.807) is 17.8 Å². The quantitative estimate of drug-likeness (QED) is 0.775. The number of nitrogens with zero attached hydrogens (tertiary/aromatic N) is 3. The highest BCUT2D eigenvalue weighted by atomic mass is 79.9. The molecule has 1 rings (SSSR count). The van der Waals surface area contributed by atoms with Crippen LogP contribution < -0.4 is 5.73 Å². The summed E-state index contributed by atoms with van der Waals surface area (Å²) in [6.07, 6.45) is 3.20. The molecule has 0 aliphatic heterocycles. The number of carbonyl (C=O) groups is 1. The molecule has 5 nitrogen and oxygen atoms in total. The number of Topliss-reactive ketones (excluding diaryl/α,β-unsaturated/α-hetero) is 1. The summed E-state index contributed by atoms with van der Waals surface area (Å²) in [6, 6.07) is 0. The van der Waals surface area contributed by atoms with Crippen LogP contribution in [0.5, 0.6) is 0 Å². The Labute approximate surface area is 123 Å². The SMILES string of the molecule is CCCC(C)(N)C(=O)c1c(Br)cnn1CCN(C)C. The fourth-order valence-electron chi connectivity index (χ4n) is 1.96. The third-order valence-corrected chi connectivity index (χ3v) is 3.64. The van der Waals surface area contributed by atoms with Crippen LogP contribution in [0.2, 0.25) is 0 Å². The second-order valence-electron chi connectivity index (χ2n) is 5.36. The molecule has 2 N–H and O–H groups in total. The Morgan fingerprint density at radius 2 is 2.21 bits per heavy atom. The van der Waals surface area contributed by atoms with E-state index in [9.17, 15) is 4.79 Å². The van der Waals surface area contributed by atoms with Crippen LogP contribution in [0.3, 0.4) is 0 Å². The van der Waals surface area contributed by atoms with Gasteiger partial charge in [-0.2, -0.15) is 5.10 Å². The fraction of sp³-hybridized carbons (Fsp3) is 0.692. The van der Waals surface area contributed by atoms with E-state index in [4.69, 9.17) is 5.73 Å². The van der Waals surface area contributed by atoms with Crippen LogP contribution >= 0.6 is 15.9 Å². The molecule has 0 fully saturated rings. The zero-order valence-corrected chi connectivity index (χ0v) is 13.7. The van der Waals surface area contributed by atoms with Gasteiger partial charge in [0.1, 0.15) is 5.69 Å². The van der Waals surface area contributed by atoms with Gasteiger partial charge < -0.3 is 10.6 Å². The molecule has 1 heterocycles. The minimum absolute atomic E-state index is 0.0579. The Morgan fingerprint density at radius 1 is 1.58 bits per heavy atom. The van der Waals surface area contributed by atoms with Crippen molar-refractivity contribution in [2.24, 2.45) is 5.73 Å². The molecule has 0 aliphatic rings. The summed E-state index contributed by atoms with van der Waals surface area (Å²) in [5.41, 5.74) is 5.86. The molecule has 1 aromatic heterocycles. The molecule has 0 bridgehead atoms. The Kier molecular flexibility index (Phi) is 5.70. The first kappa shape index (κ1) is 16.3. The average molecular weight is 331 g/mol. The maximum Gasteiger partial charge on any atom is 0.201 e. The van der Waals surface area contributed by atoms with Crippen LogP contribution in [-0.2, 0) is 6.54 Å². The van der Waals surface area contributed by atoms with E-state index in [1.807, 2.05) is 21.0 Å². The summed E-state index contributed by atoms with van der Waals surface area (Å²) in [5, 5.41) is 4.25. The molecule has 1 aromatic rings. The number of carbonyl (C=O) groups excluding carboxylic acids is 1. The van der Waals surface area contributed by atoms with E-state index >= 15 is 0 Å². The molecule has 1 unspecified atom stereocenters. The summed E-state index contributed by atoms with van der Waals surface area (Å²) in [6.45, 7) is 5.30. The largest absolute Gasteiger partial charge is 0.319 e. The Bertz CT molecular complexity index is 440. The zero-order valence-electron chi connectivity index (χ0n) is 12.1. The van der Waals surface area contributed by atoms with E-state index < -0.39 is 5.54 Å². The Balaban J connectivity index is 2.99. The molecule has 0 radical (unpaired) electrons. The van der Waals surface area contributed by atoms with Gasteiger partial charge in [0, 0.05) is 6.54 Å². The van der Waals surface area contributed by atoms with Crippen molar-refractivity contribution >= 4 is 21.7 Å². The van der Waals surface area contributed by atoms with E-state index in [2.05, 4.69) is 25.9 Å². The summed E-state index contributed by atoms with van der Waals surface area (Å²) < 4.78 is 2.44. The normalized spacial score (nSPS) is 14.7. The molecule has 0 spiro atoms. The molecule has 0 aromatic carbocycles. The molecule has 0 amide bonds. The second-order valence-corrected chi connectivity index (χ2v) is 6.22. The Hall–Kier alpha value is -0.720. The predicted molar refractivity (Wildman–Crippen MR) is 80.3 cm³/mol. The van der Waals surface area contributed by atoms with Gasteiger partial charge in [0.15, 0.2) is 0 Å². The van der Waals surface area contributed by atoms with Crippen molar-refractivity contribution < 1.29 is 4.79 Å². The summed E-state index contributed by atoms with van der Waals surface area (Å²) >= 11 is 3.40. The van der Waals surface area contributed by atoms with E-state index in [-0.39, 0.29) is 5.78 Å². The molecule has 6 heteroatoms. The number of rotatable bonds is 7. The van der Waals surface area contributed by atoms with Crippen molar-refractivity contribution in [3.63, 3.8) is 0 Å². The van der Waals surface area contributed by atoms with E-state index in [0.717, 1.165) is 13.0 Å². The smallest absolute Gasteiger partial charge is 0.201 e. The number of likely N-dealkylation sites (N-methyl/N-ethyl adjacent to an activating group) is 1. The Morgan fingerprint density at radius 3 is 2.74 bits per heavy atom. The monoisotopic (exact) mass is 330 g/mol. The number of ketones is 1. The fourth-order valence-corrected chi connectivity index (χ4v) is 2.43. The first-order chi connectivity index (χ1) is 8.79. The third-order valence-electron chi connectivity index (χ3n) is 3.06. The number of hydrogen-bond acceptors (Lipinski definition) is 4. The van der Waals surface area contributed by atoms with Crippen molar-refractivity contribution in [3.8, 4) is 0 Å². The maximum atomic E-state index is 12.6. The predicted octanol–water partition coefficient (Wildman–Crippen LogP) is 1.91. The minimum Gasteiger partial charge on any atom is -0.319 e. The lowest BCUT2D eigenvalue weighted by atomic mass is 9.90. The van der Waals surface area contributed by atoms with Crippen molar-refractivity contribution in [2.45, 2.75) is 38.8 Å². The van der Waals surface area contributed by atoms with Gasteiger partial charge in [-0.05, 0) is 43.4 Å². The van der Waals surface area contributed by atoms with Crippen LogP contribution in [0.15, 0.2) is 10.7 Å². The van der Waals surface area contributed by atoms with Gasteiger partial charge in [0.05, 0.1) is 22.8 Å². The third kappa shape index (κ3) is 4.12. The van der Waals surface area contributed by atoms with Gasteiger partial charge in [-0.3, -0.25) is 9.48 Å². The highest BCUT2D eigenvalue weighted by Crippen LogP contribution is 2.23. The first-order valence-corrected chi connectivity index (χ1v) is 7.28. The summed E-state index contributed by atoms with van der Waals surface area (Å²) in [7, 11) is 3.98. The van der Waals surface area contributed by atoms with Gasteiger partial charge >= 0.3 is 0 Å². The molecular formula is C13H23BrN4O. The van der Waals surface area contributed by atoms with Crippen LogP contribution in [0.4, 0.5) is 0 Å². The maximum absolute atomic E-state index is 12.6. The molecular weight excluding hydrogens is 308 g/mol. The van der Waals surface area contributed by atoms with Gasteiger partial charge in [-0.15, -0.1) is 0 Å². The topological polar surface area (TPSA) is 64.2 Å². The summed E-state index contributed by atoms with van der Waals surface area (Å²) in [4.78, 5) is 14.6. The van der Waals surface area contributed by atoms with Gasteiger partial charge in [-0.25, -0.2) is 0 Å². The number of nitrogens with two attached hydrogens (primary N) is 1. The van der Waals surface area contributed by atoms with Crippen molar-refractivity contribution in [2.75, 3.05) is 20.6 Å². The van der Waals surface area contributed by atoms with Gasteiger partial charge in [0.25, 0.3) is 0 Å². The van der Waals surface area contributed by atoms with E-state index in [0.29, 0.717) is 23.1 Å². The van der Waals surface area contributed by atoms with Crippen LogP contribution in [0.25, 0.3) is 0 Å². The lowest BCUT2D eigenvalue weighted by molar-refractivity contribution is 0.0880. The molecule has 108 valence electrons. The number of hydrogen-bond donors (Lipinski definition) is 1. The summed E-state index contributed by atoms with van der Waals surface area (Å²) in [5.74, 6) is -0.0579. The zero-order chi connectivity index (χ0) is 14.6. The molecule has 19 heavy (non-hydrogen) atoms. The molecule has 0 aliphatic carbocycles. The standard InChI is InChI=1S/C13H23BrN4O/c1-5-6-13(2,15)12(19)11-10(14)9-16-18(11)8-7-17(3)4/h9H,5-8,15H2,1-4H3. The van der Waals surface area contributed by atoms with Crippen molar-refractivity contribution in [3.05, 3.63) is 16.4 Å². The first-order valence-electron chi connectivity index (χ1n) is 6.49. The molecule has 0 saturated carbocycles. The van der Waals surface area contributed by atoms with Crippen LogP contribution in [0, 0.1) is 0 Å². The lowest BCUT2D eigenvalue weighted by Crippen LogP contribution is -2.45. The molecule has 0 saturated heterocycles. The number of aromatic nitrogens is 2. The van der Waals surface area contributed by atoms with Gasteiger partial charge in [-0.1, -0.05) is 13.3 Å². The number of halogens is 1. The highest BCUT2D eigenvalue weighted by molar-refractivity contribution is 9.10. The second kappa shape index (κ2) is 6.63. The lowest BCUT2D eigenvalue weighted by Gasteiger charge is -2.23. The van der Waals surface area contributed by atoms with E-state index in [1.165, 1.54) is 0 Å². The van der Waals surface area contributed by atoms with Crippen molar-refractivity contribution in [1.82, 2.24) is 14.7 Å². The minimum atomic E-state index is -0.840. The average Bonchev–Trinajstić information content (AvgIpc) is 2.66. The van der Waals surface area contributed by atoms with Gasteiger partial charge in [0.2, 0.25) is 5.78 Å². The highest BCUT2D eigenvalue weighted by Gasteiger charge is 2.32.